The van der Waals surface area contributed by atoms with Gasteiger partial charge >= 0.3 is 0 Å². The summed E-state index contributed by atoms with van der Waals surface area (Å²) in [6.07, 6.45) is 25.2. The number of anilines is 1. The molecule has 0 bridgehead atoms. The first-order valence-corrected chi connectivity index (χ1v) is 19.4. The van der Waals surface area contributed by atoms with Crippen molar-refractivity contribution >= 4 is 22.9 Å². The number of para-hydroxylation sites is 2. The van der Waals surface area contributed by atoms with Gasteiger partial charge in [0.1, 0.15) is 5.02 Å². The molecule has 0 amide bonds. The number of unbranched alkanes of at least 4 members (excludes halogenated alkanes) is 15. The number of nitrogens with one attached hydrogen (secondary N) is 2. The number of rotatable bonds is 25. The molecule has 0 spiro atoms. The number of H-pyrrole nitrogens is 1. The monoisotopic (exact) mass is 675 g/mol. The number of hydrogen-bond acceptors (Lipinski definition) is 5. The van der Waals surface area contributed by atoms with E-state index in [1.165, 1.54) is 96.3 Å². The van der Waals surface area contributed by atoms with E-state index in [0.717, 1.165) is 65.6 Å². The molecule has 2 aromatic carbocycles. The molecule has 1 saturated carbocycles. The summed E-state index contributed by atoms with van der Waals surface area (Å²) in [4.78, 5) is 3.38. The minimum Gasteiger partial charge on any atom is -0.490 e. The van der Waals surface area contributed by atoms with E-state index in [-0.39, 0.29) is 5.41 Å². The molecule has 262 valence electrons. The minimum absolute atomic E-state index is 0.130. The Bertz CT molecular complexity index is 1510. The molecule has 48 heavy (non-hydrogen) atoms. The number of halogens is 1. The van der Waals surface area contributed by atoms with Gasteiger partial charge in [-0.1, -0.05) is 146 Å². The standard InChI is InChI=1S/C40H58ClN5O2/c1-3-5-6-7-8-9-10-11-12-13-14-15-16-17-18-21-29-47-34-25-19-20-26-35(34)48-31-42-33-24-22-23-32(30-33)38-43-39-36(41)37(44-46(39)45-38)40(4-2)27-28-40/h19-20,22-26,30,42H,3-18,21,27-29,31H2,1-2H3,(H,43,45). The van der Waals surface area contributed by atoms with E-state index >= 15 is 0 Å². The second-order valence-corrected chi connectivity index (χ2v) is 14.1. The molecule has 2 aromatic heterocycles. The van der Waals surface area contributed by atoms with E-state index in [9.17, 15) is 0 Å². The first-order valence-electron chi connectivity index (χ1n) is 19.0. The van der Waals surface area contributed by atoms with Crippen LogP contribution >= 0.6 is 11.6 Å². The summed E-state index contributed by atoms with van der Waals surface area (Å²) in [5.41, 5.74) is 3.73. The van der Waals surface area contributed by atoms with Crippen molar-refractivity contribution in [2.75, 3.05) is 18.7 Å². The second kappa shape index (κ2) is 19.1. The van der Waals surface area contributed by atoms with Crippen molar-refractivity contribution in [2.45, 2.75) is 141 Å². The van der Waals surface area contributed by atoms with E-state index in [0.29, 0.717) is 18.4 Å². The maximum atomic E-state index is 6.74. The third-order valence-corrected chi connectivity index (χ3v) is 10.4. The van der Waals surface area contributed by atoms with Gasteiger partial charge in [-0.05, 0) is 49.9 Å². The molecule has 1 aliphatic rings. The Hall–Kier alpha value is -3.19. The van der Waals surface area contributed by atoms with Crippen LogP contribution in [0, 0.1) is 0 Å². The Morgan fingerprint density at radius 3 is 1.94 bits per heavy atom. The minimum atomic E-state index is 0.130. The third-order valence-electron chi connectivity index (χ3n) is 10.0. The lowest BCUT2D eigenvalue weighted by Crippen LogP contribution is -2.10. The zero-order chi connectivity index (χ0) is 33.4. The zero-order valence-corrected chi connectivity index (χ0v) is 30.3. The van der Waals surface area contributed by atoms with Gasteiger partial charge in [0.05, 0.1) is 12.3 Å². The van der Waals surface area contributed by atoms with Crippen LogP contribution in [0.2, 0.25) is 5.02 Å². The van der Waals surface area contributed by atoms with Crippen molar-refractivity contribution < 1.29 is 9.47 Å². The Kier molecular flexibility index (Phi) is 14.4. The number of aromatic amines is 1. The molecular weight excluding hydrogens is 618 g/mol. The highest BCUT2D eigenvalue weighted by Crippen LogP contribution is 2.52. The van der Waals surface area contributed by atoms with Crippen molar-refractivity contribution in [1.29, 1.82) is 0 Å². The number of aromatic nitrogens is 4. The smallest absolute Gasteiger partial charge is 0.175 e. The summed E-state index contributed by atoms with van der Waals surface area (Å²) in [5.74, 6) is 2.26. The first-order chi connectivity index (χ1) is 23.6. The molecule has 1 fully saturated rings. The summed E-state index contributed by atoms with van der Waals surface area (Å²) >= 11 is 6.74. The Labute approximate surface area is 293 Å². The summed E-state index contributed by atoms with van der Waals surface area (Å²) in [6, 6.07) is 16.0. The number of benzene rings is 2. The molecule has 0 saturated heterocycles. The summed E-state index contributed by atoms with van der Waals surface area (Å²) < 4.78 is 13.9. The fraction of sp³-hybridized carbons (Fsp3) is 0.600. The van der Waals surface area contributed by atoms with Crippen molar-refractivity contribution in [1.82, 2.24) is 19.8 Å². The normalized spacial score (nSPS) is 13.6. The zero-order valence-electron chi connectivity index (χ0n) is 29.5. The van der Waals surface area contributed by atoms with E-state index in [1.54, 1.807) is 4.63 Å². The fourth-order valence-corrected chi connectivity index (χ4v) is 7.03. The van der Waals surface area contributed by atoms with Gasteiger partial charge in [-0.2, -0.15) is 5.10 Å². The van der Waals surface area contributed by atoms with Crippen molar-refractivity contribution in [3.8, 4) is 22.9 Å². The third kappa shape index (κ3) is 10.4. The lowest BCUT2D eigenvalue weighted by molar-refractivity contribution is 0.272. The largest absolute Gasteiger partial charge is 0.490 e. The average molecular weight is 676 g/mol. The lowest BCUT2D eigenvalue weighted by Gasteiger charge is -2.14. The average Bonchev–Trinajstić information content (AvgIpc) is 3.69. The molecule has 2 heterocycles. The van der Waals surface area contributed by atoms with Crippen LogP contribution < -0.4 is 14.8 Å². The molecule has 5 rings (SSSR count). The lowest BCUT2D eigenvalue weighted by atomic mass is 10.00. The molecule has 2 N–H and O–H groups in total. The first kappa shape index (κ1) is 36.1. The fourth-order valence-electron chi connectivity index (χ4n) is 6.67. The van der Waals surface area contributed by atoms with Crippen LogP contribution in [0.15, 0.2) is 48.5 Å². The molecule has 0 aliphatic heterocycles. The van der Waals surface area contributed by atoms with Crippen LogP contribution in [-0.2, 0) is 5.41 Å². The van der Waals surface area contributed by atoms with Crippen molar-refractivity contribution in [2.24, 2.45) is 0 Å². The summed E-state index contributed by atoms with van der Waals surface area (Å²) in [6.45, 7) is 5.52. The highest BCUT2D eigenvalue weighted by molar-refractivity contribution is 6.34. The van der Waals surface area contributed by atoms with Gasteiger partial charge in [-0.15, -0.1) is 9.73 Å². The molecule has 0 radical (unpaired) electrons. The van der Waals surface area contributed by atoms with Crippen molar-refractivity contribution in [3.63, 3.8) is 0 Å². The maximum absolute atomic E-state index is 6.74. The van der Waals surface area contributed by atoms with Gasteiger partial charge < -0.3 is 19.8 Å². The van der Waals surface area contributed by atoms with Crippen molar-refractivity contribution in [3.05, 3.63) is 59.2 Å². The van der Waals surface area contributed by atoms with Gasteiger partial charge in [0.2, 0.25) is 0 Å². The molecule has 4 aromatic rings. The maximum Gasteiger partial charge on any atom is 0.175 e. The van der Waals surface area contributed by atoms with Gasteiger partial charge in [-0.25, -0.2) is 0 Å². The molecule has 1 aliphatic carbocycles. The number of hydrogen-bond donors (Lipinski definition) is 2. The number of nitrogens with zero attached hydrogens (tertiary/aromatic N) is 3. The predicted octanol–water partition coefficient (Wildman–Crippen LogP) is 11.9. The van der Waals surface area contributed by atoms with Crippen LogP contribution in [0.25, 0.3) is 17.0 Å². The second-order valence-electron chi connectivity index (χ2n) is 13.8. The predicted molar refractivity (Wildman–Crippen MR) is 200 cm³/mol. The topological polar surface area (TPSA) is 76.5 Å². The van der Waals surface area contributed by atoms with Gasteiger partial charge in [0, 0.05) is 16.7 Å². The van der Waals surface area contributed by atoms with Crippen LogP contribution in [0.3, 0.4) is 0 Å². The van der Waals surface area contributed by atoms with Crippen LogP contribution in [0.4, 0.5) is 5.69 Å². The van der Waals surface area contributed by atoms with Gasteiger partial charge in [0.25, 0.3) is 0 Å². The summed E-state index contributed by atoms with van der Waals surface area (Å²) in [5, 5.41) is 13.5. The van der Waals surface area contributed by atoms with E-state index in [4.69, 9.17) is 31.3 Å². The number of fused-ring (bicyclic) bond motifs is 1. The van der Waals surface area contributed by atoms with E-state index in [2.05, 4.69) is 24.1 Å². The molecule has 8 heteroatoms. The quantitative estimate of drug-likeness (QED) is 0.0540. The highest BCUT2D eigenvalue weighted by atomic mass is 35.5. The van der Waals surface area contributed by atoms with Crippen LogP contribution in [-0.4, -0.2) is 33.1 Å². The highest BCUT2D eigenvalue weighted by Gasteiger charge is 2.46. The van der Waals surface area contributed by atoms with Crippen LogP contribution in [0.5, 0.6) is 11.5 Å². The Balaban J connectivity index is 0.951. The van der Waals surface area contributed by atoms with Gasteiger partial charge in [-0.3, -0.25) is 0 Å². The molecule has 0 atom stereocenters. The van der Waals surface area contributed by atoms with Crippen LogP contribution in [0.1, 0.15) is 142 Å². The molecule has 7 nitrogen and oxygen atoms in total. The summed E-state index contributed by atoms with van der Waals surface area (Å²) in [7, 11) is 0. The molecular formula is C40H58ClN5O2. The molecule has 0 unspecified atom stereocenters. The van der Waals surface area contributed by atoms with E-state index < -0.39 is 0 Å². The Morgan fingerprint density at radius 1 is 0.750 bits per heavy atom. The number of ether oxygens (including phenoxy) is 2. The Morgan fingerprint density at radius 2 is 1.35 bits per heavy atom. The van der Waals surface area contributed by atoms with Gasteiger partial charge in [0.15, 0.2) is 29.7 Å². The SMILES string of the molecule is CCCCCCCCCCCCCCCCCCOc1ccccc1OCNc1cccc(-c2nn3nc(C4(CC)CC4)c(Cl)c3[nH]2)c1. The van der Waals surface area contributed by atoms with E-state index in [1.807, 2.05) is 48.5 Å².